The minimum absolute atomic E-state index is 0.123. The Morgan fingerprint density at radius 3 is 2.66 bits per heavy atom. The highest BCUT2D eigenvalue weighted by atomic mass is 32.2. The third kappa shape index (κ3) is 4.22. The predicted molar refractivity (Wildman–Crippen MR) is 91.5 cm³/mol. The molecule has 1 atom stereocenters. The topological polar surface area (TPSA) is 115 Å². The maximum absolute atomic E-state index is 13.3. The Balaban J connectivity index is 1.97. The van der Waals surface area contributed by atoms with Crippen LogP contribution in [-0.4, -0.2) is 25.0 Å². The largest absolute Gasteiger partial charge is 0.433 e. The van der Waals surface area contributed by atoms with Gasteiger partial charge < -0.3 is 5.32 Å². The Bertz CT molecular complexity index is 1090. The molecule has 14 heteroatoms. The van der Waals surface area contributed by atoms with Gasteiger partial charge in [0.15, 0.2) is 14.9 Å². The number of nitrogens with two attached hydrogens (primary N) is 1. The van der Waals surface area contributed by atoms with Gasteiger partial charge in [-0.15, -0.1) is 4.36 Å². The average Bonchev–Trinajstić information content (AvgIpc) is 3.24. The Morgan fingerprint density at radius 2 is 2.07 bits per heavy atom. The van der Waals surface area contributed by atoms with Crippen LogP contribution in [0.1, 0.15) is 35.5 Å². The van der Waals surface area contributed by atoms with Gasteiger partial charge in [-0.25, -0.2) is 23.8 Å². The van der Waals surface area contributed by atoms with Crippen molar-refractivity contribution in [3.05, 3.63) is 34.8 Å². The van der Waals surface area contributed by atoms with Crippen molar-refractivity contribution in [2.24, 2.45) is 9.50 Å². The van der Waals surface area contributed by atoms with Gasteiger partial charge in [-0.1, -0.05) is 0 Å². The van der Waals surface area contributed by atoms with Crippen molar-refractivity contribution in [3.8, 4) is 0 Å². The number of alkyl halides is 5. The van der Waals surface area contributed by atoms with Crippen LogP contribution < -0.4 is 10.5 Å². The number of nitrogens with one attached hydrogen (secondary N) is 1. The fraction of sp³-hybridized carbons (Fsp3) is 0.400. The number of hydrogen-bond donors (Lipinski definition) is 2. The van der Waals surface area contributed by atoms with Crippen molar-refractivity contribution in [3.63, 3.8) is 0 Å². The fourth-order valence-corrected chi connectivity index (χ4v) is 3.87. The lowest BCUT2D eigenvalue weighted by Crippen LogP contribution is -2.21. The number of anilines is 1. The molecular weight excluding hydrogens is 423 g/mol. The van der Waals surface area contributed by atoms with E-state index in [1.165, 1.54) is 0 Å². The molecule has 2 heterocycles. The lowest BCUT2D eigenvalue weighted by atomic mass is 10.1. The zero-order valence-corrected chi connectivity index (χ0v) is 15.7. The molecule has 8 nitrogen and oxygen atoms in total. The van der Waals surface area contributed by atoms with Crippen molar-refractivity contribution >= 4 is 21.6 Å². The first-order valence-corrected chi connectivity index (χ1v) is 9.76. The fourth-order valence-electron chi connectivity index (χ4n) is 3.01. The molecule has 0 bridgehead atoms. The van der Waals surface area contributed by atoms with Crippen LogP contribution in [0.4, 0.5) is 32.4 Å². The second-order valence-corrected chi connectivity index (χ2v) is 7.98. The number of amides is 2. The number of urea groups is 1. The normalized spacial score (nSPS) is 15.9. The average molecular weight is 438 g/mol. The summed E-state index contributed by atoms with van der Waals surface area (Å²) in [6, 6.07) is -0.386. The molecule has 0 aromatic carbocycles. The lowest BCUT2D eigenvalue weighted by molar-refractivity contribution is -0.141. The smallest absolute Gasteiger partial charge is 0.305 e. The summed E-state index contributed by atoms with van der Waals surface area (Å²) in [6.45, 7) is -1.87. The Kier molecular flexibility index (Phi) is 5.34. The summed E-state index contributed by atoms with van der Waals surface area (Å²) in [4.78, 5) is 15.9. The van der Waals surface area contributed by atoms with E-state index in [9.17, 15) is 31.0 Å². The molecular formula is C15H15F5N6O2S. The maximum atomic E-state index is 13.3. The second kappa shape index (κ2) is 7.33. The third-order valence-electron chi connectivity index (χ3n) is 4.27. The minimum atomic E-state index is -4.73. The molecule has 1 aliphatic rings. The molecule has 2 aromatic rings. The van der Waals surface area contributed by atoms with Gasteiger partial charge in [-0.05, 0) is 37.8 Å². The number of carbonyl (C=O) groups excluding carboxylic acids is 1. The number of pyridine rings is 1. The molecule has 0 radical (unpaired) electrons. The molecule has 29 heavy (non-hydrogen) atoms. The van der Waals surface area contributed by atoms with Gasteiger partial charge in [0.25, 0.3) is 0 Å². The quantitative estimate of drug-likeness (QED) is 0.715. The molecule has 0 aliphatic heterocycles. The maximum Gasteiger partial charge on any atom is 0.433 e. The SMILES string of the molecule is Cc1c(C(F)(F)F)nc2c(c1NC(=O)N=[S@](N)(=O)c1ccn(C(F)F)n1)CCC2. The van der Waals surface area contributed by atoms with Gasteiger partial charge in [0, 0.05) is 17.5 Å². The molecule has 3 N–H and O–H groups in total. The molecule has 0 saturated carbocycles. The summed E-state index contributed by atoms with van der Waals surface area (Å²) in [5.74, 6) is 0. The Hall–Kier alpha value is -2.61. The number of rotatable bonds is 3. The highest BCUT2D eigenvalue weighted by Gasteiger charge is 2.37. The van der Waals surface area contributed by atoms with Gasteiger partial charge >= 0.3 is 18.8 Å². The third-order valence-corrected chi connectivity index (χ3v) is 5.52. The first-order valence-electron chi connectivity index (χ1n) is 8.19. The number of hydrogen-bond acceptors (Lipinski definition) is 4. The molecule has 158 valence electrons. The van der Waals surface area contributed by atoms with E-state index in [1.807, 2.05) is 0 Å². The van der Waals surface area contributed by atoms with Gasteiger partial charge in [-0.2, -0.15) is 27.1 Å². The number of aryl methyl sites for hydroxylation is 1. The van der Waals surface area contributed by atoms with Gasteiger partial charge in [0.05, 0.1) is 5.69 Å². The summed E-state index contributed by atoms with van der Waals surface area (Å²) in [7, 11) is -4.00. The second-order valence-electron chi connectivity index (χ2n) is 6.24. The summed E-state index contributed by atoms with van der Waals surface area (Å²) >= 11 is 0. The van der Waals surface area contributed by atoms with Gasteiger partial charge in [-0.3, -0.25) is 0 Å². The van der Waals surface area contributed by atoms with Crippen LogP contribution in [0.2, 0.25) is 0 Å². The number of aromatic nitrogens is 3. The van der Waals surface area contributed by atoms with E-state index in [0.717, 1.165) is 19.2 Å². The highest BCUT2D eigenvalue weighted by Crippen LogP contribution is 2.38. The van der Waals surface area contributed by atoms with Crippen molar-refractivity contribution in [2.45, 2.75) is 43.9 Å². The number of fused-ring (bicyclic) bond motifs is 1. The zero-order chi connectivity index (χ0) is 21.6. The summed E-state index contributed by atoms with van der Waals surface area (Å²) < 4.78 is 80.8. The molecule has 0 saturated heterocycles. The first-order chi connectivity index (χ1) is 13.4. The number of carbonyl (C=O) groups is 1. The Morgan fingerprint density at radius 1 is 1.38 bits per heavy atom. The van der Waals surface area contributed by atoms with E-state index in [-0.39, 0.29) is 21.6 Å². The Labute approximate surface area is 161 Å². The number of halogens is 5. The monoisotopic (exact) mass is 438 g/mol. The lowest BCUT2D eigenvalue weighted by Gasteiger charge is -2.17. The summed E-state index contributed by atoms with van der Waals surface area (Å²) in [6.07, 6.45) is -2.66. The summed E-state index contributed by atoms with van der Waals surface area (Å²) in [5.41, 5.74) is -0.932. The molecule has 2 aromatic heterocycles. The first kappa shape index (κ1) is 21.1. The molecule has 3 rings (SSSR count). The van der Waals surface area contributed by atoms with E-state index in [2.05, 4.69) is 19.8 Å². The van der Waals surface area contributed by atoms with Crippen LogP contribution in [0.15, 0.2) is 21.7 Å². The van der Waals surface area contributed by atoms with Crippen LogP contribution in [0.25, 0.3) is 0 Å². The molecule has 0 spiro atoms. The zero-order valence-electron chi connectivity index (χ0n) is 14.8. The standard InChI is InChI=1S/C15H15F5N6O2S/c1-7-11(8-3-2-4-9(8)22-12(7)15(18,19)20)23-14(27)25-29(21,28)10-5-6-26(24-10)13(16)17/h5-6,13H,2-4H2,1H3,(H3,21,22,23,25,27,28)/t29-/m0/s1. The molecule has 0 fully saturated rings. The van der Waals surface area contributed by atoms with Crippen LogP contribution >= 0.6 is 0 Å². The van der Waals surface area contributed by atoms with Crippen molar-refractivity contribution in [1.29, 1.82) is 0 Å². The van der Waals surface area contributed by atoms with E-state index < -0.39 is 39.4 Å². The van der Waals surface area contributed by atoms with Crippen LogP contribution in [-0.2, 0) is 28.9 Å². The van der Waals surface area contributed by atoms with Gasteiger partial charge in [0.2, 0.25) is 0 Å². The van der Waals surface area contributed by atoms with E-state index in [0.29, 0.717) is 24.8 Å². The summed E-state index contributed by atoms with van der Waals surface area (Å²) in [5, 5.41) is 10.4. The van der Waals surface area contributed by atoms with E-state index >= 15 is 0 Å². The van der Waals surface area contributed by atoms with Crippen LogP contribution in [0, 0.1) is 6.92 Å². The van der Waals surface area contributed by atoms with E-state index in [4.69, 9.17) is 5.14 Å². The number of nitrogens with zero attached hydrogens (tertiary/aromatic N) is 4. The predicted octanol–water partition coefficient (Wildman–Crippen LogP) is 3.42. The van der Waals surface area contributed by atoms with E-state index in [1.54, 1.807) is 0 Å². The van der Waals surface area contributed by atoms with Crippen molar-refractivity contribution in [2.75, 3.05) is 5.32 Å². The van der Waals surface area contributed by atoms with Crippen LogP contribution in [0.5, 0.6) is 0 Å². The molecule has 1 aliphatic carbocycles. The molecule has 0 unspecified atom stereocenters. The highest BCUT2D eigenvalue weighted by molar-refractivity contribution is 7.91. The molecule has 2 amide bonds. The van der Waals surface area contributed by atoms with Gasteiger partial charge in [0.1, 0.15) is 5.69 Å². The van der Waals surface area contributed by atoms with Crippen molar-refractivity contribution in [1.82, 2.24) is 14.8 Å². The minimum Gasteiger partial charge on any atom is -0.305 e. The van der Waals surface area contributed by atoms with Crippen molar-refractivity contribution < 1.29 is 31.0 Å². The van der Waals surface area contributed by atoms with Crippen LogP contribution in [0.3, 0.4) is 0 Å².